The molecule has 0 saturated carbocycles. The molecule has 1 atom stereocenters. The highest BCUT2D eigenvalue weighted by molar-refractivity contribution is 5.37. The Labute approximate surface area is 110 Å². The van der Waals surface area contributed by atoms with Crippen molar-refractivity contribution >= 4 is 0 Å². The molecule has 0 aromatic heterocycles. The third-order valence-electron chi connectivity index (χ3n) is 3.33. The second-order valence-corrected chi connectivity index (χ2v) is 5.18. The fourth-order valence-corrected chi connectivity index (χ4v) is 2.35. The van der Waals surface area contributed by atoms with Gasteiger partial charge < -0.3 is 15.4 Å². The van der Waals surface area contributed by atoms with Gasteiger partial charge in [0.05, 0.1) is 6.61 Å². The lowest BCUT2D eigenvalue weighted by molar-refractivity contribution is 0.264. The summed E-state index contributed by atoms with van der Waals surface area (Å²) in [6.07, 6.45) is 1.11. The molecule has 1 unspecified atom stereocenters. The number of rotatable bonds is 6. The van der Waals surface area contributed by atoms with Crippen molar-refractivity contribution < 1.29 is 4.74 Å². The fraction of sp³-hybridized carbons (Fsp3) is 0.600. The summed E-state index contributed by atoms with van der Waals surface area (Å²) >= 11 is 0. The smallest absolute Gasteiger partial charge is 0.122 e. The number of benzene rings is 1. The van der Waals surface area contributed by atoms with E-state index < -0.39 is 0 Å². The molecule has 1 aliphatic rings. The molecule has 0 radical (unpaired) electrons. The zero-order valence-electron chi connectivity index (χ0n) is 11.4. The zero-order chi connectivity index (χ0) is 12.8. The second kappa shape index (κ2) is 6.76. The second-order valence-electron chi connectivity index (χ2n) is 5.18. The molecular weight excluding hydrogens is 224 g/mol. The van der Waals surface area contributed by atoms with Gasteiger partial charge in [-0.25, -0.2) is 0 Å². The van der Waals surface area contributed by atoms with Gasteiger partial charge in [0.2, 0.25) is 0 Å². The summed E-state index contributed by atoms with van der Waals surface area (Å²) in [5.74, 6) is 1.66. The van der Waals surface area contributed by atoms with E-state index in [4.69, 9.17) is 4.74 Å². The van der Waals surface area contributed by atoms with E-state index in [-0.39, 0.29) is 0 Å². The summed E-state index contributed by atoms with van der Waals surface area (Å²) in [6.45, 7) is 8.29. The van der Waals surface area contributed by atoms with E-state index in [0.29, 0.717) is 12.0 Å². The fourth-order valence-electron chi connectivity index (χ4n) is 2.35. The summed E-state index contributed by atoms with van der Waals surface area (Å²) < 4.78 is 5.67. The third kappa shape index (κ3) is 3.72. The van der Waals surface area contributed by atoms with Crippen molar-refractivity contribution in [3.63, 3.8) is 0 Å². The van der Waals surface area contributed by atoms with Gasteiger partial charge in [0.15, 0.2) is 0 Å². The van der Waals surface area contributed by atoms with Crippen LogP contribution < -0.4 is 15.4 Å². The molecule has 3 nitrogen and oxygen atoms in total. The Morgan fingerprint density at radius 2 is 2.11 bits per heavy atom. The quantitative estimate of drug-likeness (QED) is 0.757. The van der Waals surface area contributed by atoms with Crippen LogP contribution in [0.25, 0.3) is 0 Å². The topological polar surface area (TPSA) is 33.3 Å². The van der Waals surface area contributed by atoms with Crippen LogP contribution in [0.5, 0.6) is 5.75 Å². The molecule has 1 aromatic carbocycles. The van der Waals surface area contributed by atoms with Crippen molar-refractivity contribution in [1.29, 1.82) is 0 Å². The average Bonchev–Trinajstić information content (AvgIpc) is 2.38. The number of para-hydroxylation sites is 1. The monoisotopic (exact) mass is 248 g/mol. The van der Waals surface area contributed by atoms with Crippen LogP contribution in [0.2, 0.25) is 0 Å². The van der Waals surface area contributed by atoms with Crippen LogP contribution in [0.4, 0.5) is 0 Å². The van der Waals surface area contributed by atoms with Gasteiger partial charge >= 0.3 is 0 Å². The number of hydrogen-bond acceptors (Lipinski definition) is 3. The first kappa shape index (κ1) is 13.4. The van der Waals surface area contributed by atoms with Gasteiger partial charge in [0.1, 0.15) is 5.75 Å². The predicted octanol–water partition coefficient (Wildman–Crippen LogP) is 2.14. The summed E-state index contributed by atoms with van der Waals surface area (Å²) in [5, 5.41) is 6.95. The molecule has 0 spiro atoms. The minimum absolute atomic E-state index is 0.565. The Hall–Kier alpha value is -1.06. The first-order valence-electron chi connectivity index (χ1n) is 6.93. The Morgan fingerprint density at radius 3 is 2.94 bits per heavy atom. The minimum Gasteiger partial charge on any atom is -0.493 e. The largest absolute Gasteiger partial charge is 0.493 e. The van der Waals surface area contributed by atoms with E-state index in [2.05, 4.69) is 42.7 Å². The van der Waals surface area contributed by atoms with Crippen LogP contribution >= 0.6 is 0 Å². The Morgan fingerprint density at radius 1 is 1.28 bits per heavy atom. The Bertz CT molecular complexity index is 365. The van der Waals surface area contributed by atoms with Crippen molar-refractivity contribution in [3.05, 3.63) is 29.8 Å². The van der Waals surface area contributed by atoms with Crippen LogP contribution in [0.3, 0.4) is 0 Å². The maximum Gasteiger partial charge on any atom is 0.122 e. The summed E-state index contributed by atoms with van der Waals surface area (Å²) in [4.78, 5) is 0. The lowest BCUT2D eigenvalue weighted by atomic mass is 9.93. The molecule has 2 rings (SSSR count). The van der Waals surface area contributed by atoms with E-state index >= 15 is 0 Å². The van der Waals surface area contributed by atoms with Crippen LogP contribution in [0.1, 0.15) is 31.7 Å². The van der Waals surface area contributed by atoms with Gasteiger partial charge in [-0.15, -0.1) is 0 Å². The molecule has 0 fully saturated rings. The van der Waals surface area contributed by atoms with Gasteiger partial charge in [-0.2, -0.15) is 0 Å². The SMILES string of the molecule is CC(C)NCCNCC1CCOc2ccccc21. The molecule has 1 aromatic rings. The molecule has 1 heterocycles. The molecule has 0 bridgehead atoms. The summed E-state index contributed by atoms with van der Waals surface area (Å²) in [7, 11) is 0. The maximum atomic E-state index is 5.67. The van der Waals surface area contributed by atoms with Crippen LogP contribution in [-0.4, -0.2) is 32.3 Å². The minimum atomic E-state index is 0.565. The van der Waals surface area contributed by atoms with Crippen molar-refractivity contribution in [1.82, 2.24) is 10.6 Å². The highest BCUT2D eigenvalue weighted by Gasteiger charge is 2.20. The van der Waals surface area contributed by atoms with Crippen LogP contribution in [0.15, 0.2) is 24.3 Å². The number of hydrogen-bond donors (Lipinski definition) is 2. The average molecular weight is 248 g/mol. The molecular formula is C15H24N2O. The highest BCUT2D eigenvalue weighted by Crippen LogP contribution is 2.32. The number of ether oxygens (including phenoxy) is 1. The zero-order valence-corrected chi connectivity index (χ0v) is 11.4. The number of fused-ring (bicyclic) bond motifs is 1. The van der Waals surface area contributed by atoms with Gasteiger partial charge in [-0.1, -0.05) is 32.0 Å². The van der Waals surface area contributed by atoms with Gasteiger partial charge in [-0.05, 0) is 18.1 Å². The van der Waals surface area contributed by atoms with E-state index in [1.165, 1.54) is 5.56 Å². The molecule has 100 valence electrons. The van der Waals surface area contributed by atoms with Crippen molar-refractivity contribution in [3.8, 4) is 5.75 Å². The molecule has 18 heavy (non-hydrogen) atoms. The summed E-state index contributed by atoms with van der Waals surface area (Å²) in [5.41, 5.74) is 1.35. The molecule has 1 aliphatic heterocycles. The van der Waals surface area contributed by atoms with Gasteiger partial charge in [0.25, 0.3) is 0 Å². The van der Waals surface area contributed by atoms with E-state index in [9.17, 15) is 0 Å². The van der Waals surface area contributed by atoms with Crippen molar-refractivity contribution in [2.75, 3.05) is 26.2 Å². The standard InChI is InChI=1S/C15H24N2O/c1-12(2)17-9-8-16-11-13-7-10-18-15-6-4-3-5-14(13)15/h3-6,12-13,16-17H,7-11H2,1-2H3. The Kier molecular flexibility index (Phi) is 5.02. The van der Waals surface area contributed by atoms with Gasteiger partial charge in [-0.3, -0.25) is 0 Å². The Balaban J connectivity index is 1.77. The van der Waals surface area contributed by atoms with Crippen LogP contribution in [-0.2, 0) is 0 Å². The molecule has 0 aliphatic carbocycles. The first-order chi connectivity index (χ1) is 8.77. The van der Waals surface area contributed by atoms with E-state index in [1.54, 1.807) is 0 Å². The lowest BCUT2D eigenvalue weighted by Crippen LogP contribution is -2.34. The third-order valence-corrected chi connectivity index (χ3v) is 3.33. The highest BCUT2D eigenvalue weighted by atomic mass is 16.5. The predicted molar refractivity (Wildman–Crippen MR) is 75.3 cm³/mol. The molecule has 2 N–H and O–H groups in total. The van der Waals surface area contributed by atoms with E-state index in [0.717, 1.165) is 38.4 Å². The van der Waals surface area contributed by atoms with Crippen molar-refractivity contribution in [2.45, 2.75) is 32.2 Å². The molecule has 0 saturated heterocycles. The molecule has 0 amide bonds. The lowest BCUT2D eigenvalue weighted by Gasteiger charge is -2.26. The van der Waals surface area contributed by atoms with Crippen molar-refractivity contribution in [2.24, 2.45) is 0 Å². The number of nitrogens with one attached hydrogen (secondary N) is 2. The molecule has 3 heteroatoms. The normalized spacial score (nSPS) is 18.5. The first-order valence-corrected chi connectivity index (χ1v) is 6.93. The summed E-state index contributed by atoms with van der Waals surface area (Å²) in [6, 6.07) is 8.97. The maximum absolute atomic E-state index is 5.67. The van der Waals surface area contributed by atoms with Crippen LogP contribution in [0, 0.1) is 0 Å². The van der Waals surface area contributed by atoms with E-state index in [1.807, 2.05) is 6.07 Å². The van der Waals surface area contributed by atoms with Gasteiger partial charge in [0, 0.05) is 31.6 Å².